The van der Waals surface area contributed by atoms with Crippen molar-refractivity contribution in [2.75, 3.05) is 6.54 Å². The second-order valence-electron chi connectivity index (χ2n) is 2.69. The summed E-state index contributed by atoms with van der Waals surface area (Å²) < 4.78 is 0. The lowest BCUT2D eigenvalue weighted by molar-refractivity contribution is 0.651. The number of aliphatic imine (C=N–C) groups is 1. The number of hydrogen-bond donors (Lipinski definition) is 0. The molecule has 0 aliphatic rings. The largest absolute Gasteiger partial charge is 0.301 e. The van der Waals surface area contributed by atoms with Crippen molar-refractivity contribution < 1.29 is 0 Å². The van der Waals surface area contributed by atoms with Crippen LogP contribution in [0.2, 0.25) is 0 Å². The Morgan fingerprint density at radius 3 is 2.25 bits per heavy atom. The van der Waals surface area contributed by atoms with Gasteiger partial charge in [0.05, 0.1) is 0 Å². The Balaban J connectivity index is 3.24. The third kappa shape index (κ3) is 6.10. The Hall–Kier alpha value is 0.100. The molecule has 1 atom stereocenters. The minimum Gasteiger partial charge on any atom is -0.301 e. The molecular formula is C6H14NP. The lowest BCUT2D eigenvalue weighted by Crippen LogP contribution is -2.09. The Kier molecular flexibility index (Phi) is 3.23. The molecule has 0 aromatic carbocycles. The molecule has 1 nitrogen and oxygen atoms in total. The van der Waals surface area contributed by atoms with E-state index in [2.05, 4.69) is 34.8 Å². The summed E-state index contributed by atoms with van der Waals surface area (Å²) in [6.07, 6.45) is 1.10. The maximum atomic E-state index is 3.76. The highest BCUT2D eigenvalue weighted by molar-refractivity contribution is 7.18. The van der Waals surface area contributed by atoms with Gasteiger partial charge in [-0.05, 0) is 18.3 Å². The van der Waals surface area contributed by atoms with Gasteiger partial charge < -0.3 is 4.99 Å². The van der Waals surface area contributed by atoms with E-state index in [0.29, 0.717) is 5.16 Å². The minimum absolute atomic E-state index is 0.335. The van der Waals surface area contributed by atoms with E-state index < -0.39 is 0 Å². The SMILES string of the molecule is C=NCCC(C)(C)P. The first-order valence-electron chi connectivity index (χ1n) is 2.77. The molecule has 0 amide bonds. The fourth-order valence-electron chi connectivity index (χ4n) is 0.367. The number of rotatable bonds is 3. The van der Waals surface area contributed by atoms with Crippen molar-refractivity contribution in [1.82, 2.24) is 0 Å². The molecule has 0 aliphatic carbocycles. The van der Waals surface area contributed by atoms with Crippen LogP contribution in [0, 0.1) is 0 Å². The van der Waals surface area contributed by atoms with E-state index >= 15 is 0 Å². The van der Waals surface area contributed by atoms with Gasteiger partial charge in [0.2, 0.25) is 0 Å². The van der Waals surface area contributed by atoms with Gasteiger partial charge >= 0.3 is 0 Å². The molecule has 0 rings (SSSR count). The van der Waals surface area contributed by atoms with Crippen LogP contribution < -0.4 is 0 Å². The van der Waals surface area contributed by atoms with Crippen LogP contribution >= 0.6 is 9.24 Å². The Morgan fingerprint density at radius 2 is 2.12 bits per heavy atom. The first-order chi connectivity index (χ1) is 3.56. The zero-order chi connectivity index (χ0) is 6.62. The first kappa shape index (κ1) is 8.10. The molecule has 0 aromatic heterocycles. The van der Waals surface area contributed by atoms with Crippen LogP contribution in [0.25, 0.3) is 0 Å². The van der Waals surface area contributed by atoms with Gasteiger partial charge in [-0.1, -0.05) is 13.8 Å². The number of nitrogens with zero attached hydrogens (tertiary/aromatic N) is 1. The molecule has 0 N–H and O–H groups in total. The summed E-state index contributed by atoms with van der Waals surface area (Å²) in [6, 6.07) is 0. The number of hydrogen-bond acceptors (Lipinski definition) is 1. The van der Waals surface area contributed by atoms with Crippen LogP contribution in [0.4, 0.5) is 0 Å². The molecule has 0 saturated heterocycles. The van der Waals surface area contributed by atoms with E-state index in [1.165, 1.54) is 0 Å². The van der Waals surface area contributed by atoms with Gasteiger partial charge in [-0.3, -0.25) is 0 Å². The van der Waals surface area contributed by atoms with Gasteiger partial charge in [0, 0.05) is 6.54 Å². The summed E-state index contributed by atoms with van der Waals surface area (Å²) in [5, 5.41) is 0.335. The van der Waals surface area contributed by atoms with Crippen molar-refractivity contribution in [3.8, 4) is 0 Å². The molecule has 0 bridgehead atoms. The van der Waals surface area contributed by atoms with Gasteiger partial charge in [-0.25, -0.2) is 0 Å². The van der Waals surface area contributed by atoms with Gasteiger partial charge in [0.25, 0.3) is 0 Å². The van der Waals surface area contributed by atoms with E-state index in [4.69, 9.17) is 0 Å². The molecule has 0 fully saturated rings. The van der Waals surface area contributed by atoms with E-state index in [1.807, 2.05) is 0 Å². The summed E-state index contributed by atoms with van der Waals surface area (Å²) >= 11 is 0. The quantitative estimate of drug-likeness (QED) is 0.408. The van der Waals surface area contributed by atoms with Crippen LogP contribution in [0.15, 0.2) is 4.99 Å². The summed E-state index contributed by atoms with van der Waals surface area (Å²) in [7, 11) is 2.78. The zero-order valence-electron chi connectivity index (χ0n) is 5.65. The average Bonchev–Trinajstić information content (AvgIpc) is 1.59. The third-order valence-corrected chi connectivity index (χ3v) is 1.20. The van der Waals surface area contributed by atoms with E-state index in [9.17, 15) is 0 Å². The standard InChI is InChI=1S/C6H14NP/c1-6(2,8)4-5-7-3/h3-5,8H2,1-2H3. The topological polar surface area (TPSA) is 12.4 Å². The van der Waals surface area contributed by atoms with Gasteiger partial charge in [0.15, 0.2) is 0 Å². The second-order valence-corrected chi connectivity index (χ2v) is 4.25. The van der Waals surface area contributed by atoms with E-state index in [-0.39, 0.29) is 0 Å². The lowest BCUT2D eigenvalue weighted by atomic mass is 10.1. The fraction of sp³-hybridized carbons (Fsp3) is 0.833. The average molecular weight is 131 g/mol. The highest BCUT2D eigenvalue weighted by atomic mass is 31.0. The first-order valence-corrected chi connectivity index (χ1v) is 3.35. The normalized spacial score (nSPS) is 11.4. The molecule has 8 heavy (non-hydrogen) atoms. The van der Waals surface area contributed by atoms with Crippen molar-refractivity contribution >= 4 is 16.0 Å². The summed E-state index contributed by atoms with van der Waals surface area (Å²) in [4.78, 5) is 3.76. The molecule has 0 spiro atoms. The monoisotopic (exact) mass is 131 g/mol. The van der Waals surface area contributed by atoms with Crippen LogP contribution in [0.3, 0.4) is 0 Å². The predicted octanol–water partition coefficient (Wildman–Crippen LogP) is 1.73. The Labute approximate surface area is 53.8 Å². The van der Waals surface area contributed by atoms with Crippen molar-refractivity contribution in [3.05, 3.63) is 0 Å². The van der Waals surface area contributed by atoms with Crippen molar-refractivity contribution in [2.24, 2.45) is 4.99 Å². The van der Waals surface area contributed by atoms with Crippen LogP contribution in [-0.4, -0.2) is 18.4 Å². The molecule has 0 radical (unpaired) electrons. The van der Waals surface area contributed by atoms with Gasteiger partial charge in [-0.15, -0.1) is 9.24 Å². The molecular weight excluding hydrogens is 117 g/mol. The summed E-state index contributed by atoms with van der Waals surface area (Å²) in [5.41, 5.74) is 0. The van der Waals surface area contributed by atoms with E-state index in [0.717, 1.165) is 13.0 Å². The molecule has 1 unspecified atom stereocenters. The molecule has 0 aromatic rings. The molecule has 48 valence electrons. The maximum absolute atomic E-state index is 3.76. The Bertz CT molecular complexity index is 73.1. The summed E-state index contributed by atoms with van der Waals surface area (Å²) in [5.74, 6) is 0. The molecule has 0 aliphatic heterocycles. The zero-order valence-corrected chi connectivity index (χ0v) is 6.80. The second kappa shape index (κ2) is 3.19. The smallest absolute Gasteiger partial charge is 0.0390 e. The molecule has 2 heteroatoms. The minimum atomic E-state index is 0.335. The molecule has 0 saturated carbocycles. The predicted molar refractivity (Wildman–Crippen MR) is 42.8 cm³/mol. The summed E-state index contributed by atoms with van der Waals surface area (Å²) in [6.45, 7) is 8.62. The Morgan fingerprint density at radius 1 is 1.62 bits per heavy atom. The molecule has 0 heterocycles. The third-order valence-electron chi connectivity index (χ3n) is 0.914. The van der Waals surface area contributed by atoms with Crippen LogP contribution in [0.1, 0.15) is 20.3 Å². The van der Waals surface area contributed by atoms with Crippen molar-refractivity contribution in [1.29, 1.82) is 0 Å². The fourth-order valence-corrected chi connectivity index (χ4v) is 0.496. The lowest BCUT2D eigenvalue weighted by Gasteiger charge is -2.15. The highest BCUT2D eigenvalue weighted by Crippen LogP contribution is 2.19. The highest BCUT2D eigenvalue weighted by Gasteiger charge is 2.07. The van der Waals surface area contributed by atoms with Gasteiger partial charge in [0.1, 0.15) is 0 Å². The van der Waals surface area contributed by atoms with Crippen LogP contribution in [-0.2, 0) is 0 Å². The maximum Gasteiger partial charge on any atom is 0.0390 e. The van der Waals surface area contributed by atoms with Crippen molar-refractivity contribution in [2.45, 2.75) is 25.4 Å². The van der Waals surface area contributed by atoms with Crippen LogP contribution in [0.5, 0.6) is 0 Å². The van der Waals surface area contributed by atoms with Gasteiger partial charge in [-0.2, -0.15) is 0 Å². The van der Waals surface area contributed by atoms with Crippen molar-refractivity contribution in [3.63, 3.8) is 0 Å². The van der Waals surface area contributed by atoms with E-state index in [1.54, 1.807) is 0 Å².